The van der Waals surface area contributed by atoms with Gasteiger partial charge in [0.15, 0.2) is 0 Å². The average molecular weight is 287 g/mol. The fourth-order valence-corrected chi connectivity index (χ4v) is 1.54. The molecule has 1 heterocycles. The third kappa shape index (κ3) is 3.69. The van der Waals surface area contributed by atoms with Crippen molar-refractivity contribution in [2.24, 2.45) is 5.10 Å². The molecule has 1 aromatic carbocycles. The van der Waals surface area contributed by atoms with Crippen LogP contribution in [0.3, 0.4) is 0 Å². The predicted octanol–water partition coefficient (Wildman–Crippen LogP) is 1.00. The summed E-state index contributed by atoms with van der Waals surface area (Å²) in [5, 5.41) is 14.3. The van der Waals surface area contributed by atoms with Gasteiger partial charge in [-0.05, 0) is 17.7 Å². The minimum Gasteiger partial charge on any atom is -0.545 e. The van der Waals surface area contributed by atoms with Crippen LogP contribution in [-0.2, 0) is 4.74 Å². The van der Waals surface area contributed by atoms with E-state index in [1.807, 2.05) is 0 Å². The van der Waals surface area contributed by atoms with Crippen LogP contribution >= 0.6 is 0 Å². The van der Waals surface area contributed by atoms with Crippen molar-refractivity contribution in [2.75, 3.05) is 7.11 Å². The molecular formula is C14H11N2O5-. The van der Waals surface area contributed by atoms with Crippen LogP contribution in [0.1, 0.15) is 16.1 Å². The Hall–Kier alpha value is -3.09. The Morgan fingerprint density at radius 2 is 1.95 bits per heavy atom. The Morgan fingerprint density at radius 1 is 1.24 bits per heavy atom. The second kappa shape index (κ2) is 6.38. The molecule has 2 rings (SSSR count). The molecule has 1 N–H and O–H groups in total. The summed E-state index contributed by atoms with van der Waals surface area (Å²) in [7, 11) is 1.23. The van der Waals surface area contributed by atoms with E-state index in [2.05, 4.69) is 15.3 Å². The molecule has 0 bridgehead atoms. The lowest BCUT2D eigenvalue weighted by Gasteiger charge is -2.02. The maximum atomic E-state index is 10.8. The molecule has 21 heavy (non-hydrogen) atoms. The smallest absolute Gasteiger partial charge is 0.427 e. The van der Waals surface area contributed by atoms with Gasteiger partial charge in [0.2, 0.25) is 0 Å². The van der Waals surface area contributed by atoms with Gasteiger partial charge in [-0.25, -0.2) is 10.2 Å². The van der Waals surface area contributed by atoms with Gasteiger partial charge in [0.05, 0.1) is 19.3 Å². The van der Waals surface area contributed by atoms with Crippen LogP contribution in [0.25, 0.3) is 11.3 Å². The molecule has 0 saturated carbocycles. The second-order valence-electron chi connectivity index (χ2n) is 3.93. The number of carboxylic acids is 1. The molecule has 0 unspecified atom stereocenters. The van der Waals surface area contributed by atoms with Crippen molar-refractivity contribution in [1.82, 2.24) is 5.43 Å². The molecule has 0 atom stereocenters. The van der Waals surface area contributed by atoms with E-state index in [0.717, 1.165) is 0 Å². The van der Waals surface area contributed by atoms with Gasteiger partial charge in [-0.2, -0.15) is 5.10 Å². The predicted molar refractivity (Wildman–Crippen MR) is 71.6 cm³/mol. The number of carboxylic acid groups (broad SMARTS) is 1. The van der Waals surface area contributed by atoms with Gasteiger partial charge in [0.1, 0.15) is 11.5 Å². The van der Waals surface area contributed by atoms with Crippen molar-refractivity contribution in [3.8, 4) is 11.3 Å². The van der Waals surface area contributed by atoms with E-state index >= 15 is 0 Å². The van der Waals surface area contributed by atoms with Crippen LogP contribution in [0.15, 0.2) is 45.9 Å². The molecule has 7 heteroatoms. The van der Waals surface area contributed by atoms with Gasteiger partial charge in [0, 0.05) is 5.56 Å². The monoisotopic (exact) mass is 287 g/mol. The van der Waals surface area contributed by atoms with Crippen molar-refractivity contribution >= 4 is 18.3 Å². The lowest BCUT2D eigenvalue weighted by atomic mass is 10.1. The van der Waals surface area contributed by atoms with Crippen molar-refractivity contribution in [1.29, 1.82) is 0 Å². The summed E-state index contributed by atoms with van der Waals surface area (Å²) >= 11 is 0. The van der Waals surface area contributed by atoms with E-state index in [4.69, 9.17) is 4.42 Å². The third-order valence-corrected chi connectivity index (χ3v) is 2.56. The van der Waals surface area contributed by atoms with Crippen LogP contribution in [0.2, 0.25) is 0 Å². The maximum absolute atomic E-state index is 10.8. The summed E-state index contributed by atoms with van der Waals surface area (Å²) in [6.45, 7) is 0. The average Bonchev–Trinajstić information content (AvgIpc) is 2.96. The summed E-state index contributed by atoms with van der Waals surface area (Å²) in [5.74, 6) is -0.271. The van der Waals surface area contributed by atoms with E-state index in [9.17, 15) is 14.7 Å². The van der Waals surface area contributed by atoms with E-state index in [1.165, 1.54) is 25.5 Å². The van der Waals surface area contributed by atoms with Gasteiger partial charge >= 0.3 is 6.09 Å². The first-order valence-corrected chi connectivity index (χ1v) is 5.89. The molecule has 7 nitrogen and oxygen atoms in total. The van der Waals surface area contributed by atoms with Crippen LogP contribution in [-0.4, -0.2) is 25.4 Å². The summed E-state index contributed by atoms with van der Waals surface area (Å²) in [4.78, 5) is 21.4. The minimum absolute atomic E-state index is 0.0920. The first-order chi connectivity index (χ1) is 10.1. The van der Waals surface area contributed by atoms with Crippen molar-refractivity contribution in [2.45, 2.75) is 0 Å². The molecule has 1 aromatic heterocycles. The third-order valence-electron chi connectivity index (χ3n) is 2.56. The van der Waals surface area contributed by atoms with Gasteiger partial charge in [-0.3, -0.25) is 0 Å². The number of benzene rings is 1. The zero-order chi connectivity index (χ0) is 15.2. The normalized spacial score (nSPS) is 10.5. The summed E-state index contributed by atoms with van der Waals surface area (Å²) in [5.41, 5.74) is 2.93. The molecule has 0 aliphatic rings. The van der Waals surface area contributed by atoms with Crippen molar-refractivity contribution in [3.05, 3.63) is 47.7 Å². The molecule has 0 aliphatic carbocycles. The highest BCUT2D eigenvalue weighted by Crippen LogP contribution is 2.21. The van der Waals surface area contributed by atoms with Gasteiger partial charge in [-0.15, -0.1) is 0 Å². The Morgan fingerprint density at radius 3 is 2.57 bits per heavy atom. The number of nitrogens with one attached hydrogen (secondary N) is 1. The zero-order valence-electron chi connectivity index (χ0n) is 11.0. The molecule has 0 saturated heterocycles. The zero-order valence-corrected chi connectivity index (χ0v) is 11.0. The first-order valence-electron chi connectivity index (χ1n) is 5.89. The number of rotatable bonds is 4. The Bertz CT molecular complexity index is 673. The lowest BCUT2D eigenvalue weighted by molar-refractivity contribution is -0.255. The van der Waals surface area contributed by atoms with Gasteiger partial charge in [-0.1, -0.05) is 24.3 Å². The number of carbonyl (C=O) groups excluding carboxylic acids is 2. The number of ether oxygens (including phenoxy) is 1. The Balaban J connectivity index is 2.09. The molecule has 0 fully saturated rings. The molecule has 2 aromatic rings. The lowest BCUT2D eigenvalue weighted by Crippen LogP contribution is -2.21. The number of amides is 1. The summed E-state index contributed by atoms with van der Waals surface area (Å²) < 4.78 is 9.83. The van der Waals surface area contributed by atoms with E-state index in [1.54, 1.807) is 24.3 Å². The maximum Gasteiger partial charge on any atom is 0.427 e. The highest BCUT2D eigenvalue weighted by molar-refractivity contribution is 5.86. The fraction of sp³-hybridized carbons (Fsp3) is 0.0714. The van der Waals surface area contributed by atoms with Crippen LogP contribution < -0.4 is 10.5 Å². The molecule has 108 valence electrons. The molecule has 0 radical (unpaired) electrons. The number of hydrogen-bond acceptors (Lipinski definition) is 6. The van der Waals surface area contributed by atoms with Crippen LogP contribution in [0, 0.1) is 0 Å². The Labute approximate surface area is 119 Å². The molecule has 0 aliphatic heterocycles. The number of aromatic carboxylic acids is 1. The molecular weight excluding hydrogens is 276 g/mol. The highest BCUT2D eigenvalue weighted by atomic mass is 16.5. The second-order valence-corrected chi connectivity index (χ2v) is 3.93. The SMILES string of the molecule is COC(=O)N/N=C\c1ccc(-c2ccc(C(=O)[O-])cc2)o1. The van der Waals surface area contributed by atoms with Crippen LogP contribution in [0.4, 0.5) is 4.79 Å². The number of hydrogen-bond donors (Lipinski definition) is 1. The van der Waals surface area contributed by atoms with E-state index in [-0.39, 0.29) is 5.56 Å². The number of methoxy groups -OCH3 is 1. The van der Waals surface area contributed by atoms with E-state index in [0.29, 0.717) is 17.1 Å². The largest absolute Gasteiger partial charge is 0.545 e. The molecule has 1 amide bonds. The summed E-state index contributed by atoms with van der Waals surface area (Å²) in [6, 6.07) is 9.44. The number of nitrogens with zero attached hydrogens (tertiary/aromatic N) is 1. The Kier molecular flexibility index (Phi) is 4.35. The molecule has 0 spiro atoms. The van der Waals surface area contributed by atoms with Gasteiger partial charge in [0.25, 0.3) is 0 Å². The van der Waals surface area contributed by atoms with Crippen LogP contribution in [0.5, 0.6) is 0 Å². The quantitative estimate of drug-likeness (QED) is 0.667. The van der Waals surface area contributed by atoms with E-state index < -0.39 is 12.1 Å². The van der Waals surface area contributed by atoms with Gasteiger partial charge < -0.3 is 19.1 Å². The highest BCUT2D eigenvalue weighted by Gasteiger charge is 2.04. The first kappa shape index (κ1) is 14.3. The van der Waals surface area contributed by atoms with Crippen molar-refractivity contribution < 1.29 is 23.8 Å². The van der Waals surface area contributed by atoms with Crippen molar-refractivity contribution in [3.63, 3.8) is 0 Å². The fourth-order valence-electron chi connectivity index (χ4n) is 1.54. The number of hydrazone groups is 1. The minimum atomic E-state index is -1.23. The number of carbonyl (C=O) groups is 2. The summed E-state index contributed by atoms with van der Waals surface area (Å²) in [6.07, 6.45) is 0.631. The number of furan rings is 1. The topological polar surface area (TPSA) is 104 Å². The standard InChI is InChI=1S/C14H12N2O5/c1-20-14(19)16-15-8-11-6-7-12(21-11)9-2-4-10(5-3-9)13(17)18/h2-8H,1H3,(H,16,19)(H,17,18)/p-1/b15-8-.